The van der Waals surface area contributed by atoms with Crippen LogP contribution in [-0.2, 0) is 12.8 Å². The Morgan fingerprint density at radius 2 is 1.68 bits per heavy atom. The van der Waals surface area contributed by atoms with Crippen molar-refractivity contribution in [2.24, 2.45) is 0 Å². The molecule has 3 heteroatoms. The van der Waals surface area contributed by atoms with E-state index >= 15 is 0 Å². The van der Waals surface area contributed by atoms with Crippen molar-refractivity contribution in [1.82, 2.24) is 0 Å². The molecule has 1 N–H and O–H groups in total. The number of rotatable bonds is 4. The largest absolute Gasteiger partial charge is 0.497 e. The average molecular weight is 297 g/mol. The van der Waals surface area contributed by atoms with Crippen LogP contribution in [0.4, 0.5) is 5.69 Å². The lowest BCUT2D eigenvalue weighted by Crippen LogP contribution is -2.14. The highest BCUT2D eigenvalue weighted by atomic mass is 16.5. The highest BCUT2D eigenvalue weighted by Gasteiger charge is 2.22. The van der Waals surface area contributed by atoms with E-state index in [-0.39, 0.29) is 0 Å². The molecule has 0 saturated carbocycles. The van der Waals surface area contributed by atoms with E-state index in [0.717, 1.165) is 24.3 Å². The molecule has 3 nitrogen and oxygen atoms in total. The second-order valence-electron chi connectivity index (χ2n) is 5.78. The summed E-state index contributed by atoms with van der Waals surface area (Å²) in [6.07, 6.45) is 3.36. The third-order valence-corrected chi connectivity index (χ3v) is 4.61. The van der Waals surface area contributed by atoms with Gasteiger partial charge in [-0.25, -0.2) is 0 Å². The molecule has 116 valence electrons. The Kier molecular flexibility index (Phi) is 4.23. The minimum Gasteiger partial charge on any atom is -0.497 e. The van der Waals surface area contributed by atoms with Gasteiger partial charge in [0.2, 0.25) is 0 Å². The maximum Gasteiger partial charge on any atom is 0.120 e. The summed E-state index contributed by atoms with van der Waals surface area (Å²) < 4.78 is 10.7. The van der Waals surface area contributed by atoms with Crippen LogP contribution >= 0.6 is 0 Å². The number of anilines is 1. The maximum atomic E-state index is 5.33. The molecule has 1 unspecified atom stereocenters. The van der Waals surface area contributed by atoms with Crippen LogP contribution in [-0.4, -0.2) is 21.3 Å². The summed E-state index contributed by atoms with van der Waals surface area (Å²) in [6.45, 7) is 0. The zero-order chi connectivity index (χ0) is 15.5. The van der Waals surface area contributed by atoms with Crippen LogP contribution in [0.15, 0.2) is 36.4 Å². The Balaban J connectivity index is 1.88. The van der Waals surface area contributed by atoms with Crippen molar-refractivity contribution in [3.63, 3.8) is 0 Å². The molecule has 0 fully saturated rings. The van der Waals surface area contributed by atoms with Crippen molar-refractivity contribution in [3.8, 4) is 11.5 Å². The molecule has 0 aromatic heterocycles. The summed E-state index contributed by atoms with van der Waals surface area (Å²) in [5.74, 6) is 2.40. The van der Waals surface area contributed by atoms with E-state index in [1.807, 2.05) is 7.05 Å². The van der Waals surface area contributed by atoms with Gasteiger partial charge in [-0.05, 0) is 60.1 Å². The van der Waals surface area contributed by atoms with Gasteiger partial charge < -0.3 is 14.8 Å². The molecule has 2 aromatic rings. The number of fused-ring (bicyclic) bond motifs is 1. The first-order valence-corrected chi connectivity index (χ1v) is 7.76. The second-order valence-corrected chi connectivity index (χ2v) is 5.78. The monoisotopic (exact) mass is 297 g/mol. The van der Waals surface area contributed by atoms with E-state index < -0.39 is 0 Å². The lowest BCUT2D eigenvalue weighted by Gasteiger charge is -2.27. The van der Waals surface area contributed by atoms with Gasteiger partial charge in [-0.1, -0.05) is 12.1 Å². The number of aryl methyl sites for hydroxylation is 1. The van der Waals surface area contributed by atoms with Gasteiger partial charge in [-0.3, -0.25) is 0 Å². The van der Waals surface area contributed by atoms with E-state index in [0.29, 0.717) is 5.92 Å². The Morgan fingerprint density at radius 3 is 2.41 bits per heavy atom. The molecule has 22 heavy (non-hydrogen) atoms. The molecule has 1 aliphatic carbocycles. The van der Waals surface area contributed by atoms with Gasteiger partial charge in [-0.2, -0.15) is 0 Å². The summed E-state index contributed by atoms with van der Waals surface area (Å²) in [6, 6.07) is 12.8. The Hall–Kier alpha value is -2.16. The second kappa shape index (κ2) is 6.30. The number of nitrogens with one attached hydrogen (secondary N) is 1. The molecule has 0 radical (unpaired) electrons. The number of benzene rings is 2. The lowest BCUT2D eigenvalue weighted by atomic mass is 9.79. The number of ether oxygens (including phenoxy) is 2. The molecule has 0 bridgehead atoms. The van der Waals surface area contributed by atoms with E-state index in [4.69, 9.17) is 9.47 Å². The van der Waals surface area contributed by atoms with Crippen molar-refractivity contribution in [2.75, 3.05) is 26.6 Å². The van der Waals surface area contributed by atoms with Crippen LogP contribution in [0.3, 0.4) is 0 Å². The molecule has 2 aromatic carbocycles. The fraction of sp³-hybridized carbons (Fsp3) is 0.368. The number of hydrogen-bond acceptors (Lipinski definition) is 3. The first-order valence-electron chi connectivity index (χ1n) is 7.76. The first kappa shape index (κ1) is 14.8. The topological polar surface area (TPSA) is 30.5 Å². The minimum absolute atomic E-state index is 0.550. The van der Waals surface area contributed by atoms with Crippen molar-refractivity contribution < 1.29 is 9.47 Å². The Morgan fingerprint density at radius 1 is 0.955 bits per heavy atom. The van der Waals surface area contributed by atoms with Crippen LogP contribution in [0, 0.1) is 0 Å². The predicted octanol–water partition coefficient (Wildman–Crippen LogP) is 4.02. The summed E-state index contributed by atoms with van der Waals surface area (Å²) >= 11 is 0. The van der Waals surface area contributed by atoms with Gasteiger partial charge in [0, 0.05) is 18.8 Å². The van der Waals surface area contributed by atoms with Crippen LogP contribution in [0.25, 0.3) is 0 Å². The molecule has 0 amide bonds. The Bertz CT molecular complexity index is 666. The van der Waals surface area contributed by atoms with Crippen molar-refractivity contribution >= 4 is 5.69 Å². The molecule has 0 saturated heterocycles. The highest BCUT2D eigenvalue weighted by molar-refractivity contribution is 5.57. The summed E-state index contributed by atoms with van der Waals surface area (Å²) in [7, 11) is 5.41. The smallest absolute Gasteiger partial charge is 0.120 e. The molecular weight excluding hydrogens is 274 g/mol. The quantitative estimate of drug-likeness (QED) is 0.924. The third kappa shape index (κ3) is 2.76. The normalized spacial score (nSPS) is 16.8. The van der Waals surface area contributed by atoms with E-state index in [1.165, 1.54) is 28.8 Å². The SMILES string of the molecule is CNc1cc(OC)ccc1C1CCc2cc(OC)ccc2C1. The standard InChI is InChI=1S/C19H23NO2/c1-20-19-12-17(22-3)8-9-18(19)15-5-4-14-11-16(21-2)7-6-13(14)10-15/h6-9,11-12,15,20H,4-5,10H2,1-3H3. The van der Waals surface area contributed by atoms with Crippen LogP contribution in [0.2, 0.25) is 0 Å². The molecule has 0 spiro atoms. The fourth-order valence-corrected chi connectivity index (χ4v) is 3.36. The van der Waals surface area contributed by atoms with E-state index in [2.05, 4.69) is 41.7 Å². The fourth-order valence-electron chi connectivity index (χ4n) is 3.36. The van der Waals surface area contributed by atoms with Gasteiger partial charge in [0.25, 0.3) is 0 Å². The average Bonchev–Trinajstić information content (AvgIpc) is 2.60. The zero-order valence-electron chi connectivity index (χ0n) is 13.5. The van der Waals surface area contributed by atoms with Gasteiger partial charge >= 0.3 is 0 Å². The van der Waals surface area contributed by atoms with Crippen molar-refractivity contribution in [1.29, 1.82) is 0 Å². The molecule has 1 atom stereocenters. The summed E-state index contributed by atoms with van der Waals surface area (Å²) in [4.78, 5) is 0. The third-order valence-electron chi connectivity index (χ3n) is 4.61. The van der Waals surface area contributed by atoms with Gasteiger partial charge in [0.1, 0.15) is 11.5 Å². The molecule has 0 heterocycles. The minimum atomic E-state index is 0.550. The van der Waals surface area contributed by atoms with Crippen LogP contribution in [0.5, 0.6) is 11.5 Å². The van der Waals surface area contributed by atoms with Crippen molar-refractivity contribution in [3.05, 3.63) is 53.1 Å². The maximum absolute atomic E-state index is 5.33. The summed E-state index contributed by atoms with van der Waals surface area (Å²) in [5, 5.41) is 3.31. The zero-order valence-corrected chi connectivity index (χ0v) is 13.5. The van der Waals surface area contributed by atoms with Crippen molar-refractivity contribution in [2.45, 2.75) is 25.2 Å². The van der Waals surface area contributed by atoms with Crippen LogP contribution in [0.1, 0.15) is 29.0 Å². The molecule has 3 rings (SSSR count). The van der Waals surface area contributed by atoms with Gasteiger partial charge in [-0.15, -0.1) is 0 Å². The number of hydrogen-bond donors (Lipinski definition) is 1. The van der Waals surface area contributed by atoms with E-state index in [1.54, 1.807) is 14.2 Å². The molecule has 0 aliphatic heterocycles. The highest BCUT2D eigenvalue weighted by Crippen LogP contribution is 2.38. The lowest BCUT2D eigenvalue weighted by molar-refractivity contribution is 0.413. The van der Waals surface area contributed by atoms with Gasteiger partial charge in [0.05, 0.1) is 14.2 Å². The Labute approximate surface area is 132 Å². The van der Waals surface area contributed by atoms with Crippen LogP contribution < -0.4 is 14.8 Å². The molecular formula is C19H23NO2. The number of methoxy groups -OCH3 is 2. The first-order chi connectivity index (χ1) is 10.7. The van der Waals surface area contributed by atoms with E-state index in [9.17, 15) is 0 Å². The summed E-state index contributed by atoms with van der Waals surface area (Å²) in [5.41, 5.74) is 5.41. The van der Waals surface area contributed by atoms with Gasteiger partial charge in [0.15, 0.2) is 0 Å². The molecule has 1 aliphatic rings. The predicted molar refractivity (Wildman–Crippen MR) is 90.3 cm³/mol.